The van der Waals surface area contributed by atoms with Gasteiger partial charge in [-0.05, 0) is 68.4 Å². The summed E-state index contributed by atoms with van der Waals surface area (Å²) in [6.45, 7) is 24.6. The number of terminal acetylenes is 1. The molecule has 1 rings (SSSR count). The molecule has 0 aromatic heterocycles. The van der Waals surface area contributed by atoms with E-state index >= 15 is 0 Å². The number of allylic oxidation sites excluding steroid dienone is 2. The van der Waals surface area contributed by atoms with E-state index < -0.39 is 0 Å². The molecular formula is C24H38. The standard InChI is InChI=1S/C13H14.C9H18.C2H6/c1-6-12-8-7-10(4)11(5)13(12)9(2)3;1-5-9(6-2)7-8(3)4;1-2/h1,7-8H,2H2,3-5H3;9H,3,5-7H2,1-2,4H3;1-2H3. The molecule has 0 N–H and O–H groups in total. The predicted molar refractivity (Wildman–Crippen MR) is 113 cm³/mol. The van der Waals surface area contributed by atoms with Crippen LogP contribution in [0.25, 0.3) is 5.57 Å². The SMILES string of the molecule is C#Cc1ccc(C)c(C)c1C(=C)C.C=C(C)CC(CC)CC.CC. The molecule has 0 aliphatic rings. The summed E-state index contributed by atoms with van der Waals surface area (Å²) in [7, 11) is 0. The molecule has 0 atom stereocenters. The largest absolute Gasteiger partial charge is 0.115 e. The molecule has 0 amide bonds. The number of benzene rings is 1. The summed E-state index contributed by atoms with van der Waals surface area (Å²) >= 11 is 0. The van der Waals surface area contributed by atoms with Gasteiger partial charge in [-0.15, -0.1) is 13.0 Å². The Hall–Kier alpha value is -1.74. The molecular weight excluding hydrogens is 288 g/mol. The van der Waals surface area contributed by atoms with Gasteiger partial charge in [-0.3, -0.25) is 0 Å². The Balaban J connectivity index is 0. The third-order valence-corrected chi connectivity index (χ3v) is 4.11. The van der Waals surface area contributed by atoms with Gasteiger partial charge < -0.3 is 0 Å². The molecule has 0 aliphatic heterocycles. The van der Waals surface area contributed by atoms with E-state index in [4.69, 9.17) is 6.42 Å². The van der Waals surface area contributed by atoms with Crippen LogP contribution in [0, 0.1) is 32.1 Å². The summed E-state index contributed by atoms with van der Waals surface area (Å²) in [5, 5.41) is 0. The van der Waals surface area contributed by atoms with Gasteiger partial charge in [0, 0.05) is 5.56 Å². The zero-order valence-electron chi connectivity index (χ0n) is 17.3. The molecule has 0 heteroatoms. The van der Waals surface area contributed by atoms with Crippen LogP contribution in [0.15, 0.2) is 30.9 Å². The first kappa shape index (κ1) is 24.5. The van der Waals surface area contributed by atoms with Crippen LogP contribution in [0.4, 0.5) is 0 Å². The van der Waals surface area contributed by atoms with Gasteiger partial charge in [0.25, 0.3) is 0 Å². The predicted octanol–water partition coefficient (Wildman–Crippen LogP) is 7.73. The Kier molecular flexibility index (Phi) is 14.0. The molecule has 0 nitrogen and oxygen atoms in total. The molecule has 0 saturated heterocycles. The van der Waals surface area contributed by atoms with Crippen molar-refractivity contribution < 1.29 is 0 Å². The van der Waals surface area contributed by atoms with Crippen LogP contribution in [0.3, 0.4) is 0 Å². The maximum Gasteiger partial charge on any atom is 0.0320 e. The average molecular weight is 327 g/mol. The first-order valence-electron chi connectivity index (χ1n) is 9.15. The molecule has 1 aromatic carbocycles. The van der Waals surface area contributed by atoms with Crippen LogP contribution in [0.2, 0.25) is 0 Å². The lowest BCUT2D eigenvalue weighted by atomic mass is 9.94. The normalized spacial score (nSPS) is 9.17. The van der Waals surface area contributed by atoms with E-state index in [1.165, 1.54) is 36.0 Å². The Morgan fingerprint density at radius 3 is 1.88 bits per heavy atom. The fraction of sp³-hybridized carbons (Fsp3) is 0.500. The quantitative estimate of drug-likeness (QED) is 0.383. The summed E-state index contributed by atoms with van der Waals surface area (Å²) in [6, 6.07) is 4.03. The maximum atomic E-state index is 5.42. The van der Waals surface area contributed by atoms with E-state index in [1.54, 1.807) is 0 Å². The molecule has 0 heterocycles. The maximum absolute atomic E-state index is 5.42. The minimum Gasteiger partial charge on any atom is -0.115 e. The Bertz CT molecular complexity index is 548. The smallest absolute Gasteiger partial charge is 0.0320 e. The lowest BCUT2D eigenvalue weighted by Gasteiger charge is -2.10. The summed E-state index contributed by atoms with van der Waals surface area (Å²) in [5.74, 6) is 3.56. The van der Waals surface area contributed by atoms with E-state index in [9.17, 15) is 0 Å². The van der Waals surface area contributed by atoms with Crippen molar-refractivity contribution in [2.24, 2.45) is 5.92 Å². The molecule has 0 unspecified atom stereocenters. The molecule has 1 aromatic rings. The number of hydrogen-bond donors (Lipinski definition) is 0. The van der Waals surface area contributed by atoms with Gasteiger partial charge in [0.05, 0.1) is 0 Å². The second kappa shape index (κ2) is 13.7. The lowest BCUT2D eigenvalue weighted by Crippen LogP contribution is -1.95. The first-order valence-corrected chi connectivity index (χ1v) is 9.15. The van der Waals surface area contributed by atoms with Gasteiger partial charge in [0.1, 0.15) is 0 Å². The van der Waals surface area contributed by atoms with Crippen LogP contribution >= 0.6 is 0 Å². The highest BCUT2D eigenvalue weighted by molar-refractivity contribution is 5.71. The monoisotopic (exact) mass is 326 g/mol. The van der Waals surface area contributed by atoms with Gasteiger partial charge in [-0.1, -0.05) is 64.7 Å². The van der Waals surface area contributed by atoms with E-state index in [0.717, 1.165) is 22.6 Å². The molecule has 0 saturated carbocycles. The van der Waals surface area contributed by atoms with Crippen LogP contribution in [0.5, 0.6) is 0 Å². The second-order valence-electron chi connectivity index (χ2n) is 6.20. The molecule has 24 heavy (non-hydrogen) atoms. The van der Waals surface area contributed by atoms with Crippen molar-refractivity contribution in [2.75, 3.05) is 0 Å². The van der Waals surface area contributed by atoms with Crippen molar-refractivity contribution in [3.05, 3.63) is 53.1 Å². The fourth-order valence-corrected chi connectivity index (χ4v) is 2.56. The van der Waals surface area contributed by atoms with Crippen molar-refractivity contribution in [3.63, 3.8) is 0 Å². The van der Waals surface area contributed by atoms with Gasteiger partial charge in [0.2, 0.25) is 0 Å². The van der Waals surface area contributed by atoms with E-state index in [-0.39, 0.29) is 0 Å². The van der Waals surface area contributed by atoms with Crippen LogP contribution < -0.4 is 0 Å². The molecule has 0 radical (unpaired) electrons. The van der Waals surface area contributed by atoms with Crippen molar-refractivity contribution in [1.29, 1.82) is 0 Å². The second-order valence-corrected chi connectivity index (χ2v) is 6.20. The number of hydrogen-bond acceptors (Lipinski definition) is 0. The zero-order valence-corrected chi connectivity index (χ0v) is 17.3. The molecule has 0 fully saturated rings. The first-order chi connectivity index (χ1) is 11.3. The molecule has 0 aliphatic carbocycles. The topological polar surface area (TPSA) is 0 Å². The van der Waals surface area contributed by atoms with E-state index in [1.807, 2.05) is 26.8 Å². The van der Waals surface area contributed by atoms with E-state index in [0.29, 0.717) is 0 Å². The zero-order chi connectivity index (χ0) is 19.3. The van der Waals surface area contributed by atoms with Gasteiger partial charge >= 0.3 is 0 Å². The van der Waals surface area contributed by atoms with Crippen LogP contribution in [0.1, 0.15) is 83.1 Å². The third kappa shape index (κ3) is 8.78. The Morgan fingerprint density at radius 2 is 1.58 bits per heavy atom. The molecule has 0 bridgehead atoms. The highest BCUT2D eigenvalue weighted by Crippen LogP contribution is 2.23. The third-order valence-electron chi connectivity index (χ3n) is 4.11. The summed E-state index contributed by atoms with van der Waals surface area (Å²) in [6.07, 6.45) is 9.22. The van der Waals surface area contributed by atoms with E-state index in [2.05, 4.69) is 59.8 Å². The van der Waals surface area contributed by atoms with Gasteiger partial charge in [0.15, 0.2) is 0 Å². The van der Waals surface area contributed by atoms with Crippen molar-refractivity contribution in [3.8, 4) is 12.3 Å². The lowest BCUT2D eigenvalue weighted by molar-refractivity contribution is 0.489. The van der Waals surface area contributed by atoms with Crippen LogP contribution in [-0.2, 0) is 0 Å². The highest BCUT2D eigenvalue weighted by atomic mass is 14.1. The van der Waals surface area contributed by atoms with Gasteiger partial charge in [-0.25, -0.2) is 0 Å². The summed E-state index contributed by atoms with van der Waals surface area (Å²) in [4.78, 5) is 0. The highest BCUT2D eigenvalue weighted by Gasteiger charge is 2.06. The van der Waals surface area contributed by atoms with Gasteiger partial charge in [-0.2, -0.15) is 0 Å². The average Bonchev–Trinajstić information content (AvgIpc) is 2.56. The minimum atomic E-state index is 0.877. The Labute approximate surface area is 152 Å². The fourth-order valence-electron chi connectivity index (χ4n) is 2.56. The number of rotatable bonds is 5. The van der Waals surface area contributed by atoms with Crippen molar-refractivity contribution in [2.45, 2.75) is 74.7 Å². The Morgan fingerprint density at radius 1 is 1.08 bits per heavy atom. The van der Waals surface area contributed by atoms with Crippen molar-refractivity contribution in [1.82, 2.24) is 0 Å². The molecule has 134 valence electrons. The minimum absolute atomic E-state index is 0.877. The van der Waals surface area contributed by atoms with Crippen molar-refractivity contribution >= 4 is 5.57 Å². The summed E-state index contributed by atoms with van der Waals surface area (Å²) in [5.41, 5.74) is 6.93. The molecule has 0 spiro atoms. The number of aryl methyl sites for hydroxylation is 1. The summed E-state index contributed by atoms with van der Waals surface area (Å²) < 4.78 is 0. The van der Waals surface area contributed by atoms with Crippen LogP contribution in [-0.4, -0.2) is 0 Å².